The van der Waals surface area contributed by atoms with Gasteiger partial charge < -0.3 is 23.5 Å². The third-order valence-corrected chi connectivity index (χ3v) is 3.88. The van der Waals surface area contributed by atoms with Gasteiger partial charge in [0.25, 0.3) is 5.91 Å². The number of hydrogen-bond donors (Lipinski definition) is 2. The Balaban J connectivity index is 1.93. The highest BCUT2D eigenvalue weighted by Crippen LogP contribution is 2.13. The number of anilines is 1. The van der Waals surface area contributed by atoms with Gasteiger partial charge in [-0.05, 0) is 24.3 Å². The van der Waals surface area contributed by atoms with Crippen LogP contribution in [0.2, 0.25) is 0 Å². The van der Waals surface area contributed by atoms with Gasteiger partial charge in [-0.3, -0.25) is 4.79 Å². The molecule has 1 aliphatic rings. The zero-order valence-electron chi connectivity index (χ0n) is 12.5. The highest BCUT2D eigenvalue weighted by Gasteiger charge is 2.25. The zero-order chi connectivity index (χ0) is 16.8. The lowest BCUT2D eigenvalue weighted by Crippen LogP contribution is -2.50. The van der Waals surface area contributed by atoms with E-state index in [1.54, 1.807) is 57.1 Å². The molecule has 0 unspecified atom stereocenters. The second-order valence-electron chi connectivity index (χ2n) is 4.90. The average molecular weight is 432 g/mol. The summed E-state index contributed by atoms with van der Waals surface area (Å²) in [7, 11) is 1.53. The topological polar surface area (TPSA) is 91.0 Å². The monoisotopic (exact) mass is 432 g/mol. The molecule has 1 fully saturated rings. The van der Waals surface area contributed by atoms with Crippen LogP contribution in [0.1, 0.15) is 10.4 Å². The Kier molecular flexibility index (Phi) is 6.02. The first kappa shape index (κ1) is 17.3. The third-order valence-electron chi connectivity index (χ3n) is 3.51. The number of carbonyl (C=O) groups excluding carboxylic acids is 3. The van der Waals surface area contributed by atoms with Gasteiger partial charge in [0.1, 0.15) is 0 Å². The second kappa shape index (κ2) is 7.99. The highest BCUT2D eigenvalue weighted by molar-refractivity contribution is 14.1. The van der Waals surface area contributed by atoms with E-state index in [1.165, 1.54) is 7.05 Å². The first-order chi connectivity index (χ1) is 11.0. The van der Waals surface area contributed by atoms with Gasteiger partial charge in [0.05, 0.1) is 0 Å². The van der Waals surface area contributed by atoms with Crippen LogP contribution in [0.4, 0.5) is 15.3 Å². The van der Waals surface area contributed by atoms with E-state index >= 15 is 0 Å². The molecule has 2 N–H and O–H groups in total. The molecule has 8 nitrogen and oxygen atoms in total. The Hall–Kier alpha value is -2.04. The van der Waals surface area contributed by atoms with E-state index in [0.717, 1.165) is 0 Å². The van der Waals surface area contributed by atoms with Crippen LogP contribution in [0.25, 0.3) is 0 Å². The van der Waals surface area contributed by atoms with Gasteiger partial charge in [0, 0.05) is 44.5 Å². The van der Waals surface area contributed by atoms with Crippen LogP contribution < -0.4 is 10.6 Å². The molecule has 1 aromatic carbocycles. The van der Waals surface area contributed by atoms with Gasteiger partial charge in [-0.2, -0.15) is 0 Å². The molecule has 0 atom stereocenters. The van der Waals surface area contributed by atoms with Crippen LogP contribution in [-0.4, -0.2) is 61.1 Å². The van der Waals surface area contributed by atoms with E-state index in [1.807, 2.05) is 0 Å². The van der Waals surface area contributed by atoms with Crippen molar-refractivity contribution in [3.63, 3.8) is 0 Å². The molecular formula is C14H17IN4O4. The number of rotatable bonds is 2. The van der Waals surface area contributed by atoms with Crippen LogP contribution in [0, 0.1) is 0 Å². The summed E-state index contributed by atoms with van der Waals surface area (Å²) in [4.78, 5) is 38.3. The smallest absolute Gasteiger partial charge is 0.378 e. The summed E-state index contributed by atoms with van der Waals surface area (Å²) in [6.07, 6.45) is -0.387. The molecule has 0 bridgehead atoms. The second-order valence-corrected chi connectivity index (χ2v) is 5.34. The minimum atomic E-state index is -0.387. The van der Waals surface area contributed by atoms with Crippen molar-refractivity contribution in [3.8, 4) is 0 Å². The SMILES string of the molecule is CNC(=O)Nc1ccc(C(=O)N2CCN(C(=O)OI)CC2)cc1. The Morgan fingerprint density at radius 1 is 1.04 bits per heavy atom. The summed E-state index contributed by atoms with van der Waals surface area (Å²) in [5.74, 6) is -0.0982. The fraction of sp³-hybridized carbons (Fsp3) is 0.357. The van der Waals surface area contributed by atoms with Gasteiger partial charge in [-0.15, -0.1) is 0 Å². The predicted molar refractivity (Wildman–Crippen MR) is 92.5 cm³/mol. The lowest BCUT2D eigenvalue weighted by Gasteiger charge is -2.33. The average Bonchev–Trinajstić information content (AvgIpc) is 2.61. The maximum Gasteiger partial charge on any atom is 0.419 e. The van der Waals surface area contributed by atoms with Gasteiger partial charge in [-0.25, -0.2) is 9.59 Å². The van der Waals surface area contributed by atoms with Gasteiger partial charge >= 0.3 is 12.1 Å². The number of nitrogens with one attached hydrogen (secondary N) is 2. The van der Waals surface area contributed by atoms with E-state index in [4.69, 9.17) is 0 Å². The molecule has 9 heteroatoms. The molecule has 0 saturated carbocycles. The molecule has 0 spiro atoms. The molecule has 23 heavy (non-hydrogen) atoms. The molecule has 1 aliphatic heterocycles. The molecule has 124 valence electrons. The number of piperazine rings is 1. The minimum absolute atomic E-state index is 0.0982. The van der Waals surface area contributed by atoms with Gasteiger partial charge in [-0.1, -0.05) is 0 Å². The lowest BCUT2D eigenvalue weighted by molar-refractivity contribution is 0.0645. The number of halogens is 1. The number of nitrogens with zero attached hydrogens (tertiary/aromatic N) is 2. The van der Waals surface area contributed by atoms with E-state index < -0.39 is 0 Å². The standard InChI is InChI=1S/C14H17IN4O4/c1-16-13(21)17-11-4-2-10(3-5-11)12(20)18-6-8-19(9-7-18)14(22)23-15/h2-5H,6-9H2,1H3,(H2,16,17,21). The van der Waals surface area contributed by atoms with Crippen molar-refractivity contribution in [3.05, 3.63) is 29.8 Å². The summed E-state index contributed by atoms with van der Waals surface area (Å²) in [5.41, 5.74) is 1.15. The zero-order valence-corrected chi connectivity index (χ0v) is 14.7. The largest absolute Gasteiger partial charge is 0.419 e. The van der Waals surface area contributed by atoms with E-state index in [9.17, 15) is 14.4 Å². The van der Waals surface area contributed by atoms with Crippen molar-refractivity contribution in [2.75, 3.05) is 38.5 Å². The van der Waals surface area contributed by atoms with Gasteiger partial charge in [0.2, 0.25) is 0 Å². The van der Waals surface area contributed by atoms with Crippen molar-refractivity contribution in [1.82, 2.24) is 15.1 Å². The van der Waals surface area contributed by atoms with Gasteiger partial charge in [0.15, 0.2) is 23.0 Å². The number of carbonyl (C=O) groups is 3. The van der Waals surface area contributed by atoms with Crippen molar-refractivity contribution in [2.24, 2.45) is 0 Å². The van der Waals surface area contributed by atoms with Crippen LogP contribution in [0.3, 0.4) is 0 Å². The molecule has 0 aromatic heterocycles. The molecule has 0 aliphatic carbocycles. The maximum absolute atomic E-state index is 12.4. The molecule has 1 aromatic rings. The Morgan fingerprint density at radius 3 is 2.13 bits per heavy atom. The first-order valence-electron chi connectivity index (χ1n) is 7.00. The van der Waals surface area contributed by atoms with Crippen molar-refractivity contribution in [1.29, 1.82) is 0 Å². The Labute approximate surface area is 147 Å². The summed E-state index contributed by atoms with van der Waals surface area (Å²) in [5, 5.41) is 5.08. The van der Waals surface area contributed by atoms with Crippen LogP contribution >= 0.6 is 23.0 Å². The quantitative estimate of drug-likeness (QED) is 0.696. The van der Waals surface area contributed by atoms with Crippen LogP contribution in [0.5, 0.6) is 0 Å². The number of hydrogen-bond acceptors (Lipinski definition) is 4. The highest BCUT2D eigenvalue weighted by atomic mass is 127. The summed E-state index contributed by atoms with van der Waals surface area (Å²) >= 11 is 1.55. The normalized spacial score (nSPS) is 14.2. The van der Waals surface area contributed by atoms with Crippen molar-refractivity contribution in [2.45, 2.75) is 0 Å². The molecule has 0 radical (unpaired) electrons. The first-order valence-corrected chi connectivity index (χ1v) is 7.89. The lowest BCUT2D eigenvalue weighted by atomic mass is 10.1. The summed E-state index contributed by atoms with van der Waals surface area (Å²) in [6.45, 7) is 1.82. The predicted octanol–water partition coefficient (Wildman–Crippen LogP) is 1.68. The molecule has 2 rings (SSSR count). The van der Waals surface area contributed by atoms with E-state index in [2.05, 4.69) is 13.7 Å². The van der Waals surface area contributed by atoms with Crippen LogP contribution in [0.15, 0.2) is 24.3 Å². The third kappa shape index (κ3) is 4.47. The maximum atomic E-state index is 12.4. The van der Waals surface area contributed by atoms with E-state index in [-0.39, 0.29) is 18.0 Å². The van der Waals surface area contributed by atoms with Crippen molar-refractivity contribution < 1.29 is 17.4 Å². The Morgan fingerprint density at radius 2 is 1.61 bits per heavy atom. The van der Waals surface area contributed by atoms with Crippen molar-refractivity contribution >= 4 is 46.7 Å². The van der Waals surface area contributed by atoms with E-state index in [0.29, 0.717) is 37.4 Å². The summed E-state index contributed by atoms with van der Waals surface area (Å²) < 4.78 is 4.64. The number of urea groups is 1. The molecular weight excluding hydrogens is 415 g/mol. The fourth-order valence-electron chi connectivity index (χ4n) is 2.21. The molecule has 4 amide bonds. The Bertz CT molecular complexity index is 585. The molecule has 1 saturated heterocycles. The molecule has 1 heterocycles. The van der Waals surface area contributed by atoms with Crippen LogP contribution in [-0.2, 0) is 3.07 Å². The minimum Gasteiger partial charge on any atom is -0.378 e. The number of amides is 4. The number of benzene rings is 1. The summed E-state index contributed by atoms with van der Waals surface area (Å²) in [6, 6.07) is 6.36. The fourth-order valence-corrected chi connectivity index (χ4v) is 2.49.